The Morgan fingerprint density at radius 1 is 1.18 bits per heavy atom. The van der Waals surface area contributed by atoms with Gasteiger partial charge in [-0.15, -0.1) is 0 Å². The molecule has 1 aromatic carbocycles. The Labute approximate surface area is 128 Å². The van der Waals surface area contributed by atoms with Crippen molar-refractivity contribution < 1.29 is 9.66 Å². The van der Waals surface area contributed by atoms with Gasteiger partial charge in [0.2, 0.25) is 0 Å². The van der Waals surface area contributed by atoms with E-state index >= 15 is 0 Å². The SMILES string of the molecule is Cc1cc(C)cc(OCCCn2cc([N+](=O)[O-])ccc2=O)c1. The van der Waals surface area contributed by atoms with E-state index in [1.54, 1.807) is 0 Å². The van der Waals surface area contributed by atoms with Gasteiger partial charge in [-0.3, -0.25) is 14.9 Å². The van der Waals surface area contributed by atoms with Crippen LogP contribution in [0.2, 0.25) is 0 Å². The molecule has 1 heterocycles. The third-order valence-electron chi connectivity index (χ3n) is 3.19. The molecule has 6 nitrogen and oxygen atoms in total. The molecule has 0 unspecified atom stereocenters. The summed E-state index contributed by atoms with van der Waals surface area (Å²) in [6.07, 6.45) is 1.85. The van der Waals surface area contributed by atoms with Crippen molar-refractivity contribution in [1.29, 1.82) is 0 Å². The molecular formula is C16H18N2O4. The van der Waals surface area contributed by atoms with Crippen molar-refractivity contribution in [1.82, 2.24) is 4.57 Å². The van der Waals surface area contributed by atoms with E-state index in [2.05, 4.69) is 6.07 Å². The zero-order chi connectivity index (χ0) is 16.1. The lowest BCUT2D eigenvalue weighted by Crippen LogP contribution is -2.20. The number of ether oxygens (including phenoxy) is 1. The van der Waals surface area contributed by atoms with Crippen molar-refractivity contribution in [3.63, 3.8) is 0 Å². The molecule has 0 aliphatic carbocycles. The molecule has 0 N–H and O–H groups in total. The Bertz CT molecular complexity index is 717. The van der Waals surface area contributed by atoms with E-state index in [9.17, 15) is 14.9 Å². The van der Waals surface area contributed by atoms with Crippen LogP contribution in [-0.2, 0) is 6.54 Å². The minimum atomic E-state index is -0.512. The first-order valence-corrected chi connectivity index (χ1v) is 7.02. The third-order valence-corrected chi connectivity index (χ3v) is 3.19. The van der Waals surface area contributed by atoms with Crippen molar-refractivity contribution in [2.45, 2.75) is 26.8 Å². The largest absolute Gasteiger partial charge is 0.494 e. The van der Waals surface area contributed by atoms with Crippen LogP contribution in [0, 0.1) is 24.0 Å². The summed E-state index contributed by atoms with van der Waals surface area (Å²) < 4.78 is 6.99. The molecule has 0 saturated carbocycles. The molecule has 0 bridgehead atoms. The van der Waals surface area contributed by atoms with Crippen molar-refractivity contribution in [3.05, 3.63) is 68.1 Å². The predicted octanol–water partition coefficient (Wildman–Crippen LogP) is 2.84. The van der Waals surface area contributed by atoms with E-state index in [1.807, 2.05) is 26.0 Å². The van der Waals surface area contributed by atoms with Crippen LogP contribution in [-0.4, -0.2) is 16.1 Å². The Morgan fingerprint density at radius 3 is 2.50 bits per heavy atom. The molecule has 0 amide bonds. The maximum Gasteiger partial charge on any atom is 0.285 e. The molecule has 0 atom stereocenters. The van der Waals surface area contributed by atoms with Gasteiger partial charge in [0.15, 0.2) is 0 Å². The second-order valence-electron chi connectivity index (χ2n) is 5.20. The molecule has 1 aromatic heterocycles. The van der Waals surface area contributed by atoms with Crippen molar-refractivity contribution in [2.75, 3.05) is 6.61 Å². The number of aromatic nitrogens is 1. The second-order valence-corrected chi connectivity index (χ2v) is 5.20. The van der Waals surface area contributed by atoms with Gasteiger partial charge in [0, 0.05) is 18.7 Å². The Balaban J connectivity index is 1.92. The summed E-state index contributed by atoms with van der Waals surface area (Å²) in [5.74, 6) is 0.795. The molecule has 0 aliphatic heterocycles. The maximum absolute atomic E-state index is 11.6. The molecule has 2 aromatic rings. The number of aryl methyl sites for hydroxylation is 3. The van der Waals surface area contributed by atoms with E-state index in [4.69, 9.17) is 4.74 Å². The highest BCUT2D eigenvalue weighted by molar-refractivity contribution is 5.33. The van der Waals surface area contributed by atoms with Crippen LogP contribution in [0.25, 0.3) is 0 Å². The highest BCUT2D eigenvalue weighted by Gasteiger charge is 2.07. The number of hydrogen-bond donors (Lipinski definition) is 0. The number of pyridine rings is 1. The minimum Gasteiger partial charge on any atom is -0.494 e. The zero-order valence-electron chi connectivity index (χ0n) is 12.6. The summed E-state index contributed by atoms with van der Waals surface area (Å²) in [5.41, 5.74) is 1.92. The average Bonchev–Trinajstić information content (AvgIpc) is 2.44. The first-order chi connectivity index (χ1) is 10.5. The quantitative estimate of drug-likeness (QED) is 0.467. The van der Waals surface area contributed by atoms with Crippen LogP contribution < -0.4 is 10.3 Å². The highest BCUT2D eigenvalue weighted by Crippen LogP contribution is 2.16. The van der Waals surface area contributed by atoms with Crippen LogP contribution in [0.4, 0.5) is 5.69 Å². The smallest absolute Gasteiger partial charge is 0.285 e. The number of rotatable bonds is 6. The molecule has 2 rings (SSSR count). The molecular weight excluding hydrogens is 284 g/mol. The lowest BCUT2D eigenvalue weighted by molar-refractivity contribution is -0.385. The van der Waals surface area contributed by atoms with Crippen molar-refractivity contribution in [3.8, 4) is 5.75 Å². The van der Waals surface area contributed by atoms with E-state index < -0.39 is 4.92 Å². The van der Waals surface area contributed by atoms with Crippen LogP contribution >= 0.6 is 0 Å². The van der Waals surface area contributed by atoms with Gasteiger partial charge in [0.25, 0.3) is 11.2 Å². The first kappa shape index (κ1) is 15.8. The molecule has 22 heavy (non-hydrogen) atoms. The molecule has 0 aliphatic rings. The van der Waals surface area contributed by atoms with Crippen molar-refractivity contribution in [2.24, 2.45) is 0 Å². The fraction of sp³-hybridized carbons (Fsp3) is 0.312. The van der Waals surface area contributed by atoms with Gasteiger partial charge in [-0.25, -0.2) is 0 Å². The molecule has 0 saturated heterocycles. The zero-order valence-corrected chi connectivity index (χ0v) is 12.6. The summed E-state index contributed by atoms with van der Waals surface area (Å²) in [6.45, 7) is 4.83. The second kappa shape index (κ2) is 6.89. The van der Waals surface area contributed by atoms with Gasteiger partial charge >= 0.3 is 0 Å². The lowest BCUT2D eigenvalue weighted by atomic mass is 10.1. The first-order valence-electron chi connectivity index (χ1n) is 7.02. The third kappa shape index (κ3) is 4.18. The van der Waals surface area contributed by atoms with E-state index in [0.717, 1.165) is 16.9 Å². The van der Waals surface area contributed by atoms with Gasteiger partial charge in [-0.1, -0.05) is 6.07 Å². The maximum atomic E-state index is 11.6. The normalized spacial score (nSPS) is 10.5. The Hall–Kier alpha value is -2.63. The van der Waals surface area contributed by atoms with Gasteiger partial charge in [-0.05, 0) is 43.5 Å². The fourth-order valence-electron chi connectivity index (χ4n) is 2.24. The van der Waals surface area contributed by atoms with Gasteiger partial charge in [0.05, 0.1) is 17.7 Å². The standard InChI is InChI=1S/C16H18N2O4/c1-12-8-13(2)10-15(9-12)22-7-3-6-17-11-14(18(20)21)4-5-16(17)19/h4-5,8-11H,3,6-7H2,1-2H3. The summed E-state index contributed by atoms with van der Waals surface area (Å²) in [6, 6.07) is 8.39. The van der Waals surface area contributed by atoms with E-state index in [0.29, 0.717) is 19.6 Å². The van der Waals surface area contributed by atoms with Gasteiger partial charge in [-0.2, -0.15) is 0 Å². The summed E-state index contributed by atoms with van der Waals surface area (Å²) in [4.78, 5) is 21.8. The molecule has 0 fully saturated rings. The molecule has 0 radical (unpaired) electrons. The van der Waals surface area contributed by atoms with Crippen LogP contribution in [0.5, 0.6) is 5.75 Å². The number of nitrogens with zero attached hydrogens (tertiary/aromatic N) is 2. The van der Waals surface area contributed by atoms with Crippen LogP contribution in [0.1, 0.15) is 17.5 Å². The average molecular weight is 302 g/mol. The van der Waals surface area contributed by atoms with Gasteiger partial charge < -0.3 is 9.30 Å². The molecule has 6 heteroatoms. The van der Waals surface area contributed by atoms with E-state index in [-0.39, 0.29) is 11.2 Å². The number of hydrogen-bond acceptors (Lipinski definition) is 4. The van der Waals surface area contributed by atoms with E-state index in [1.165, 1.54) is 22.9 Å². The topological polar surface area (TPSA) is 74.4 Å². The minimum absolute atomic E-state index is 0.0881. The summed E-state index contributed by atoms with van der Waals surface area (Å²) in [7, 11) is 0. The predicted molar refractivity (Wildman–Crippen MR) is 83.4 cm³/mol. The van der Waals surface area contributed by atoms with Crippen LogP contribution in [0.15, 0.2) is 41.3 Å². The highest BCUT2D eigenvalue weighted by atomic mass is 16.6. The monoisotopic (exact) mass is 302 g/mol. The number of nitro groups is 1. The summed E-state index contributed by atoms with van der Waals surface area (Å²) in [5, 5.41) is 10.7. The van der Waals surface area contributed by atoms with Crippen LogP contribution in [0.3, 0.4) is 0 Å². The molecule has 116 valence electrons. The Kier molecular flexibility index (Phi) is 4.93. The lowest BCUT2D eigenvalue weighted by Gasteiger charge is -2.09. The van der Waals surface area contributed by atoms with Crippen molar-refractivity contribution >= 4 is 5.69 Å². The van der Waals surface area contributed by atoms with Gasteiger partial charge in [0.1, 0.15) is 5.75 Å². The Morgan fingerprint density at radius 2 is 1.86 bits per heavy atom. The fourth-order valence-corrected chi connectivity index (χ4v) is 2.24. The molecule has 0 spiro atoms. The summed E-state index contributed by atoms with van der Waals surface area (Å²) >= 11 is 0. The number of benzene rings is 1.